The lowest BCUT2D eigenvalue weighted by molar-refractivity contribution is -0.376. The molecule has 0 saturated carbocycles. The predicted octanol–water partition coefficient (Wildman–Crippen LogP) is 5.17. The van der Waals surface area contributed by atoms with Crippen LogP contribution in [0.5, 0.6) is 5.75 Å². The third-order valence-electron chi connectivity index (χ3n) is 6.47. The van der Waals surface area contributed by atoms with Gasteiger partial charge in [-0.25, -0.2) is 8.42 Å². The van der Waals surface area contributed by atoms with Crippen LogP contribution in [-0.4, -0.2) is 61.5 Å². The Morgan fingerprint density at radius 1 is 0.795 bits per heavy atom. The molecule has 1 fully saturated rings. The fraction of sp³-hybridized carbons (Fsp3) is 0.280. The van der Waals surface area contributed by atoms with E-state index in [1.807, 2.05) is 0 Å². The van der Waals surface area contributed by atoms with Gasteiger partial charge in [0.15, 0.2) is 0 Å². The average Bonchev–Trinajstić information content (AvgIpc) is 2.87. The molecule has 0 atom stereocenters. The SMILES string of the molecule is O=S(=O)(c1ccccc1S)N1CCN(c2cc(O)c(C(O)(C(F)(F)F)C(F)(F)F)cc2-c2ccccc2)CC1. The van der Waals surface area contributed by atoms with E-state index in [0.717, 1.165) is 6.07 Å². The number of aromatic hydroxyl groups is 1. The first-order chi connectivity index (χ1) is 18.1. The zero-order valence-corrected chi connectivity index (χ0v) is 21.6. The van der Waals surface area contributed by atoms with Gasteiger partial charge in [0.1, 0.15) is 5.75 Å². The predicted molar refractivity (Wildman–Crippen MR) is 134 cm³/mol. The summed E-state index contributed by atoms with van der Waals surface area (Å²) in [4.78, 5) is 1.78. The lowest BCUT2D eigenvalue weighted by Gasteiger charge is -2.38. The molecule has 0 spiro atoms. The number of phenols is 1. The number of sulfonamides is 1. The number of rotatable bonds is 5. The van der Waals surface area contributed by atoms with E-state index >= 15 is 0 Å². The zero-order valence-electron chi connectivity index (χ0n) is 19.9. The van der Waals surface area contributed by atoms with Crippen LogP contribution in [0.2, 0.25) is 0 Å². The highest BCUT2D eigenvalue weighted by Gasteiger charge is 2.72. The van der Waals surface area contributed by atoms with Crippen molar-refractivity contribution in [1.82, 2.24) is 4.31 Å². The molecule has 1 heterocycles. The largest absolute Gasteiger partial charge is 0.507 e. The van der Waals surface area contributed by atoms with Gasteiger partial charge >= 0.3 is 12.4 Å². The lowest BCUT2D eigenvalue weighted by atomic mass is 9.87. The number of phenolic OH excluding ortho intramolecular Hbond substituents is 1. The number of piperazine rings is 1. The van der Waals surface area contributed by atoms with E-state index in [1.54, 1.807) is 23.1 Å². The van der Waals surface area contributed by atoms with Crippen LogP contribution in [0, 0.1) is 0 Å². The first kappa shape index (κ1) is 29.1. The Morgan fingerprint density at radius 3 is 1.87 bits per heavy atom. The molecule has 0 unspecified atom stereocenters. The highest BCUT2D eigenvalue weighted by Crippen LogP contribution is 2.54. The smallest absolute Gasteiger partial charge is 0.430 e. The van der Waals surface area contributed by atoms with Crippen molar-refractivity contribution in [3.63, 3.8) is 0 Å². The summed E-state index contributed by atoms with van der Waals surface area (Å²) in [6.07, 6.45) is -12.4. The Bertz CT molecular complexity index is 1440. The van der Waals surface area contributed by atoms with Gasteiger partial charge in [0, 0.05) is 54.0 Å². The summed E-state index contributed by atoms with van der Waals surface area (Å²) < 4.78 is 109. The topological polar surface area (TPSA) is 81.1 Å². The molecule has 3 aromatic carbocycles. The molecule has 0 amide bonds. The normalized spacial score (nSPS) is 15.9. The minimum atomic E-state index is -6.19. The summed E-state index contributed by atoms with van der Waals surface area (Å²) in [5.41, 5.74) is -6.93. The van der Waals surface area contributed by atoms with Crippen molar-refractivity contribution < 1.29 is 45.0 Å². The number of benzene rings is 3. The van der Waals surface area contributed by atoms with E-state index in [2.05, 4.69) is 12.6 Å². The number of thiol groups is 1. The molecule has 0 aromatic heterocycles. The Labute approximate surface area is 225 Å². The van der Waals surface area contributed by atoms with Crippen molar-refractivity contribution in [1.29, 1.82) is 0 Å². The summed E-state index contributed by atoms with van der Waals surface area (Å²) in [5.74, 6) is -1.42. The first-order valence-corrected chi connectivity index (χ1v) is 13.3. The van der Waals surface area contributed by atoms with Crippen LogP contribution in [0.4, 0.5) is 32.0 Å². The van der Waals surface area contributed by atoms with E-state index in [1.165, 1.54) is 40.7 Å². The molecule has 210 valence electrons. The van der Waals surface area contributed by atoms with Gasteiger partial charge in [0.2, 0.25) is 10.0 Å². The molecule has 4 rings (SSSR count). The van der Waals surface area contributed by atoms with E-state index in [4.69, 9.17) is 0 Å². The Balaban J connectivity index is 1.76. The summed E-state index contributed by atoms with van der Waals surface area (Å²) in [6.45, 7) is -0.0999. The molecular weight excluding hydrogens is 570 g/mol. The second-order valence-corrected chi connectivity index (χ2v) is 11.2. The average molecular weight is 593 g/mol. The van der Waals surface area contributed by atoms with Gasteiger partial charge in [-0.2, -0.15) is 30.6 Å². The van der Waals surface area contributed by atoms with Gasteiger partial charge in [-0.3, -0.25) is 0 Å². The number of nitrogens with zero attached hydrogens (tertiary/aromatic N) is 2. The molecule has 3 aromatic rings. The van der Waals surface area contributed by atoms with Crippen LogP contribution in [0.15, 0.2) is 76.5 Å². The quantitative estimate of drug-likeness (QED) is 0.282. The van der Waals surface area contributed by atoms with Crippen LogP contribution in [0.1, 0.15) is 5.56 Å². The number of halogens is 6. The van der Waals surface area contributed by atoms with Crippen LogP contribution in [-0.2, 0) is 15.6 Å². The number of anilines is 1. The molecule has 0 bridgehead atoms. The zero-order chi connectivity index (χ0) is 28.8. The summed E-state index contributed by atoms with van der Waals surface area (Å²) in [7, 11) is -3.93. The number of aliphatic hydroxyl groups is 1. The van der Waals surface area contributed by atoms with Crippen molar-refractivity contribution in [2.45, 2.75) is 27.7 Å². The second kappa shape index (κ2) is 10.2. The molecule has 1 aliphatic heterocycles. The van der Waals surface area contributed by atoms with Crippen LogP contribution < -0.4 is 4.90 Å². The molecular formula is C25H22F6N2O4S2. The van der Waals surface area contributed by atoms with Crippen molar-refractivity contribution in [2.75, 3.05) is 31.1 Å². The van der Waals surface area contributed by atoms with E-state index in [9.17, 15) is 45.0 Å². The van der Waals surface area contributed by atoms with Crippen LogP contribution in [0.25, 0.3) is 11.1 Å². The van der Waals surface area contributed by atoms with E-state index < -0.39 is 39.3 Å². The molecule has 1 aliphatic rings. The lowest BCUT2D eigenvalue weighted by Crippen LogP contribution is -2.54. The van der Waals surface area contributed by atoms with Gasteiger partial charge in [-0.15, -0.1) is 12.6 Å². The molecule has 39 heavy (non-hydrogen) atoms. The highest BCUT2D eigenvalue weighted by atomic mass is 32.2. The van der Waals surface area contributed by atoms with Gasteiger partial charge in [0.25, 0.3) is 5.60 Å². The van der Waals surface area contributed by atoms with E-state index in [-0.39, 0.29) is 52.8 Å². The molecule has 0 aliphatic carbocycles. The highest BCUT2D eigenvalue weighted by molar-refractivity contribution is 7.90. The number of hydrogen-bond donors (Lipinski definition) is 3. The molecule has 14 heteroatoms. The monoisotopic (exact) mass is 592 g/mol. The fourth-order valence-corrected chi connectivity index (χ4v) is 6.44. The van der Waals surface area contributed by atoms with Crippen molar-refractivity contribution in [3.8, 4) is 16.9 Å². The fourth-order valence-electron chi connectivity index (χ4n) is 4.43. The number of alkyl halides is 6. The standard InChI is InChI=1S/C25H22F6N2O4S2/c26-24(27,28)23(35,25(29,30)31)18-14-17(16-6-2-1-3-7-16)19(15-20(18)34)32-10-12-33(13-11-32)39(36,37)22-9-5-4-8-21(22)38/h1-9,14-15,34-35,38H,10-13H2. The maximum Gasteiger partial charge on any atom is 0.430 e. The molecule has 2 N–H and O–H groups in total. The summed E-state index contributed by atoms with van der Waals surface area (Å²) >= 11 is 4.20. The summed E-state index contributed by atoms with van der Waals surface area (Å²) in [5, 5.41) is 20.4. The van der Waals surface area contributed by atoms with Gasteiger partial charge in [-0.05, 0) is 23.8 Å². The third-order valence-corrected chi connectivity index (χ3v) is 8.97. The van der Waals surface area contributed by atoms with Crippen LogP contribution in [0.3, 0.4) is 0 Å². The Kier molecular flexibility index (Phi) is 7.62. The third kappa shape index (κ3) is 5.17. The Morgan fingerprint density at radius 2 is 1.33 bits per heavy atom. The van der Waals surface area contributed by atoms with Gasteiger partial charge < -0.3 is 15.1 Å². The minimum absolute atomic E-state index is 0.00709. The van der Waals surface area contributed by atoms with Gasteiger partial charge in [0.05, 0.1) is 4.90 Å². The molecule has 0 radical (unpaired) electrons. The molecule has 6 nitrogen and oxygen atoms in total. The van der Waals surface area contributed by atoms with Crippen molar-refractivity contribution in [3.05, 3.63) is 72.3 Å². The van der Waals surface area contributed by atoms with Crippen LogP contribution >= 0.6 is 12.6 Å². The Hall–Kier alpha value is -2.94. The first-order valence-electron chi connectivity index (χ1n) is 11.4. The minimum Gasteiger partial charge on any atom is -0.507 e. The van der Waals surface area contributed by atoms with E-state index in [0.29, 0.717) is 6.07 Å². The van der Waals surface area contributed by atoms with Crippen molar-refractivity contribution >= 4 is 28.3 Å². The summed E-state index contributed by atoms with van der Waals surface area (Å²) in [6, 6.07) is 14.8. The molecule has 1 saturated heterocycles. The number of hydrogen-bond acceptors (Lipinski definition) is 6. The van der Waals surface area contributed by atoms with Crippen molar-refractivity contribution in [2.24, 2.45) is 0 Å². The maximum atomic E-state index is 13.6. The van der Waals surface area contributed by atoms with Gasteiger partial charge in [-0.1, -0.05) is 42.5 Å². The maximum absolute atomic E-state index is 13.6. The second-order valence-electron chi connectivity index (χ2n) is 8.82.